The van der Waals surface area contributed by atoms with Gasteiger partial charge in [-0.25, -0.2) is 0 Å². The van der Waals surface area contributed by atoms with E-state index in [-0.39, 0.29) is 24.4 Å². The zero-order chi connectivity index (χ0) is 20.7. The number of carbonyl (C=O) groups is 2. The monoisotopic (exact) mass is 395 g/mol. The van der Waals surface area contributed by atoms with Crippen molar-refractivity contribution in [3.05, 3.63) is 69.8 Å². The van der Waals surface area contributed by atoms with Gasteiger partial charge in [-0.1, -0.05) is 24.3 Å². The minimum atomic E-state index is -4.46. The summed E-state index contributed by atoms with van der Waals surface area (Å²) in [7, 11) is 0. The largest absolute Gasteiger partial charge is 0.405 e. The molecular formula is C18H16F3N3O4. The van der Waals surface area contributed by atoms with Crippen molar-refractivity contribution < 1.29 is 27.7 Å². The van der Waals surface area contributed by atoms with Gasteiger partial charge in [0, 0.05) is 17.8 Å². The SMILES string of the molecule is O=C(Cc1ccc(NC(=O)Cc2ccc([N+](=O)[O-])cc2)cc1)NCC(F)(F)F. The summed E-state index contributed by atoms with van der Waals surface area (Å²) in [6.07, 6.45) is -4.67. The molecule has 2 aromatic rings. The van der Waals surface area contributed by atoms with Gasteiger partial charge in [0.25, 0.3) is 5.69 Å². The summed E-state index contributed by atoms with van der Waals surface area (Å²) < 4.78 is 36.2. The summed E-state index contributed by atoms with van der Waals surface area (Å²) in [6, 6.07) is 11.7. The Morgan fingerprint density at radius 1 is 0.893 bits per heavy atom. The third-order valence-corrected chi connectivity index (χ3v) is 3.60. The smallest absolute Gasteiger partial charge is 0.347 e. The topological polar surface area (TPSA) is 101 Å². The Morgan fingerprint density at radius 3 is 1.89 bits per heavy atom. The zero-order valence-electron chi connectivity index (χ0n) is 14.5. The molecule has 0 heterocycles. The number of carbonyl (C=O) groups excluding carboxylic acids is 2. The molecule has 0 aliphatic rings. The highest BCUT2D eigenvalue weighted by atomic mass is 19.4. The number of nitro groups is 1. The molecule has 0 radical (unpaired) electrons. The fourth-order valence-electron chi connectivity index (χ4n) is 2.28. The summed E-state index contributed by atoms with van der Waals surface area (Å²) in [5.41, 5.74) is 1.47. The van der Waals surface area contributed by atoms with Crippen molar-refractivity contribution in [1.82, 2.24) is 5.32 Å². The van der Waals surface area contributed by atoms with Crippen molar-refractivity contribution >= 4 is 23.2 Å². The molecular weight excluding hydrogens is 379 g/mol. The molecule has 0 fully saturated rings. The van der Waals surface area contributed by atoms with E-state index in [1.807, 2.05) is 0 Å². The molecule has 0 bridgehead atoms. The first-order valence-corrected chi connectivity index (χ1v) is 8.08. The molecule has 2 aromatic carbocycles. The molecule has 0 saturated heterocycles. The number of hydrogen-bond donors (Lipinski definition) is 2. The van der Waals surface area contributed by atoms with E-state index < -0.39 is 23.6 Å². The summed E-state index contributed by atoms with van der Waals surface area (Å²) >= 11 is 0. The van der Waals surface area contributed by atoms with Gasteiger partial charge in [0.1, 0.15) is 6.54 Å². The number of halogens is 3. The van der Waals surface area contributed by atoms with Gasteiger partial charge < -0.3 is 10.6 Å². The molecule has 7 nitrogen and oxygen atoms in total. The molecule has 0 unspecified atom stereocenters. The highest BCUT2D eigenvalue weighted by Gasteiger charge is 2.27. The average Bonchev–Trinajstić information content (AvgIpc) is 2.61. The third kappa shape index (κ3) is 7.06. The average molecular weight is 395 g/mol. The minimum absolute atomic E-state index is 0.0135. The van der Waals surface area contributed by atoms with Crippen LogP contribution in [0.3, 0.4) is 0 Å². The third-order valence-electron chi connectivity index (χ3n) is 3.60. The molecule has 10 heteroatoms. The van der Waals surface area contributed by atoms with Crippen LogP contribution in [-0.2, 0) is 22.4 Å². The molecule has 0 saturated carbocycles. The van der Waals surface area contributed by atoms with Crippen molar-refractivity contribution in [3.63, 3.8) is 0 Å². The Hall–Kier alpha value is -3.43. The Kier molecular flexibility index (Phi) is 6.69. The van der Waals surface area contributed by atoms with E-state index in [4.69, 9.17) is 0 Å². The molecule has 0 aliphatic heterocycles. The highest BCUT2D eigenvalue weighted by Crippen LogP contribution is 2.15. The molecule has 2 N–H and O–H groups in total. The fourth-order valence-corrected chi connectivity index (χ4v) is 2.28. The normalized spacial score (nSPS) is 11.0. The lowest BCUT2D eigenvalue weighted by molar-refractivity contribution is -0.384. The number of amides is 2. The van der Waals surface area contributed by atoms with E-state index in [9.17, 15) is 32.9 Å². The lowest BCUT2D eigenvalue weighted by Crippen LogP contribution is -2.34. The number of alkyl halides is 3. The first-order chi connectivity index (χ1) is 13.1. The number of nitro benzene ring substituents is 1. The first-order valence-electron chi connectivity index (χ1n) is 8.08. The number of anilines is 1. The summed E-state index contributed by atoms with van der Waals surface area (Å²) in [5.74, 6) is -1.10. The van der Waals surface area contributed by atoms with Crippen LogP contribution in [0.4, 0.5) is 24.5 Å². The van der Waals surface area contributed by atoms with E-state index in [1.54, 1.807) is 5.32 Å². The van der Waals surface area contributed by atoms with Crippen LogP contribution in [0.1, 0.15) is 11.1 Å². The predicted molar refractivity (Wildman–Crippen MR) is 94.6 cm³/mol. The number of nitrogens with one attached hydrogen (secondary N) is 2. The molecule has 0 aromatic heterocycles. The Bertz CT molecular complexity index is 850. The van der Waals surface area contributed by atoms with Crippen molar-refractivity contribution in [3.8, 4) is 0 Å². The zero-order valence-corrected chi connectivity index (χ0v) is 14.5. The number of benzene rings is 2. The van der Waals surface area contributed by atoms with Crippen molar-refractivity contribution in [2.24, 2.45) is 0 Å². The lowest BCUT2D eigenvalue weighted by atomic mass is 10.1. The van der Waals surface area contributed by atoms with Gasteiger partial charge in [-0.2, -0.15) is 13.2 Å². The van der Waals surface area contributed by atoms with Crippen molar-refractivity contribution in [2.45, 2.75) is 19.0 Å². The number of non-ortho nitro benzene ring substituents is 1. The molecule has 0 spiro atoms. The minimum Gasteiger partial charge on any atom is -0.347 e. The predicted octanol–water partition coefficient (Wildman–Crippen LogP) is 3.00. The van der Waals surface area contributed by atoms with Crippen LogP contribution in [0.2, 0.25) is 0 Å². The highest BCUT2D eigenvalue weighted by molar-refractivity contribution is 5.92. The second kappa shape index (κ2) is 8.98. The molecule has 0 atom stereocenters. The van der Waals surface area contributed by atoms with E-state index in [0.29, 0.717) is 16.8 Å². The second-order valence-corrected chi connectivity index (χ2v) is 5.91. The van der Waals surface area contributed by atoms with Gasteiger partial charge in [-0.05, 0) is 23.3 Å². The van der Waals surface area contributed by atoms with Gasteiger partial charge >= 0.3 is 6.18 Å². The van der Waals surface area contributed by atoms with E-state index >= 15 is 0 Å². The Morgan fingerprint density at radius 2 is 1.39 bits per heavy atom. The van der Waals surface area contributed by atoms with Crippen LogP contribution < -0.4 is 10.6 Å². The summed E-state index contributed by atoms with van der Waals surface area (Å²) in [5, 5.41) is 15.0. The van der Waals surface area contributed by atoms with Gasteiger partial charge in [0.05, 0.1) is 17.8 Å². The molecule has 2 amide bonds. The fraction of sp³-hybridized carbons (Fsp3) is 0.222. The summed E-state index contributed by atoms with van der Waals surface area (Å²) in [6.45, 7) is -1.39. The second-order valence-electron chi connectivity index (χ2n) is 5.91. The van der Waals surface area contributed by atoms with E-state index in [1.165, 1.54) is 48.5 Å². The van der Waals surface area contributed by atoms with Gasteiger partial charge in [0.2, 0.25) is 11.8 Å². The number of rotatable bonds is 7. The number of hydrogen-bond acceptors (Lipinski definition) is 4. The maximum atomic E-state index is 12.1. The Labute approximate surface area is 157 Å². The van der Waals surface area contributed by atoms with Crippen LogP contribution in [0.5, 0.6) is 0 Å². The van der Waals surface area contributed by atoms with Crippen LogP contribution >= 0.6 is 0 Å². The van der Waals surface area contributed by atoms with Crippen LogP contribution in [-0.4, -0.2) is 29.5 Å². The maximum Gasteiger partial charge on any atom is 0.405 e. The molecule has 2 rings (SSSR count). The van der Waals surface area contributed by atoms with E-state index in [0.717, 1.165) is 0 Å². The molecule has 0 aliphatic carbocycles. The van der Waals surface area contributed by atoms with Crippen LogP contribution in [0, 0.1) is 10.1 Å². The summed E-state index contributed by atoms with van der Waals surface area (Å²) in [4.78, 5) is 33.6. The van der Waals surface area contributed by atoms with Crippen molar-refractivity contribution in [2.75, 3.05) is 11.9 Å². The first kappa shape index (κ1) is 20.9. The van der Waals surface area contributed by atoms with E-state index in [2.05, 4.69) is 5.32 Å². The number of nitrogens with zero attached hydrogens (tertiary/aromatic N) is 1. The molecule has 28 heavy (non-hydrogen) atoms. The lowest BCUT2D eigenvalue weighted by Gasteiger charge is -2.09. The van der Waals surface area contributed by atoms with Gasteiger partial charge in [-0.3, -0.25) is 19.7 Å². The van der Waals surface area contributed by atoms with Gasteiger partial charge in [0.15, 0.2) is 0 Å². The van der Waals surface area contributed by atoms with Crippen molar-refractivity contribution in [1.29, 1.82) is 0 Å². The Balaban J connectivity index is 1.85. The standard InChI is InChI=1S/C18H16F3N3O4/c19-18(20,21)11-22-16(25)9-12-1-5-14(6-2-12)23-17(26)10-13-3-7-15(8-4-13)24(27)28/h1-8H,9-11H2,(H,22,25)(H,23,26). The molecule has 148 valence electrons. The van der Waals surface area contributed by atoms with Crippen LogP contribution in [0.15, 0.2) is 48.5 Å². The maximum absolute atomic E-state index is 12.1. The quantitative estimate of drug-likeness (QED) is 0.556. The van der Waals surface area contributed by atoms with Gasteiger partial charge in [-0.15, -0.1) is 0 Å². The van der Waals surface area contributed by atoms with Crippen LogP contribution in [0.25, 0.3) is 0 Å².